The third-order valence-corrected chi connectivity index (χ3v) is 6.97. The van der Waals surface area contributed by atoms with Crippen molar-refractivity contribution in [2.24, 2.45) is 0 Å². The molecule has 0 bridgehead atoms. The largest absolute Gasteiger partial charge is 0.379 e. The fraction of sp³-hybridized carbons (Fsp3) is 0.208. The second kappa shape index (κ2) is 10.1. The van der Waals surface area contributed by atoms with Crippen LogP contribution in [0.5, 0.6) is 0 Å². The first kappa shape index (κ1) is 22.8. The highest BCUT2D eigenvalue weighted by Gasteiger charge is 2.16. The molecule has 0 aliphatic carbocycles. The number of aromatic nitrogens is 2. The molecule has 0 amide bonds. The summed E-state index contributed by atoms with van der Waals surface area (Å²) in [5.74, 6) is 0. The van der Waals surface area contributed by atoms with Gasteiger partial charge in [0, 0.05) is 36.5 Å². The van der Waals surface area contributed by atoms with Gasteiger partial charge < -0.3 is 15.4 Å². The molecule has 1 saturated heterocycles. The van der Waals surface area contributed by atoms with E-state index in [2.05, 4.69) is 43.7 Å². The molecule has 2 aromatic carbocycles. The first-order chi connectivity index (χ1) is 16.6. The number of benzene rings is 2. The van der Waals surface area contributed by atoms with E-state index >= 15 is 0 Å². The summed E-state index contributed by atoms with van der Waals surface area (Å²) in [6.07, 6.45) is 1.51. The van der Waals surface area contributed by atoms with Crippen LogP contribution in [0, 0.1) is 11.3 Å². The van der Waals surface area contributed by atoms with E-state index < -0.39 is 0 Å². The molecule has 3 heterocycles. The van der Waals surface area contributed by atoms with Crippen LogP contribution in [0.2, 0.25) is 10.0 Å². The van der Waals surface area contributed by atoms with Gasteiger partial charge in [0.05, 0.1) is 35.2 Å². The van der Waals surface area contributed by atoms with Gasteiger partial charge in [0.15, 0.2) is 10.8 Å². The summed E-state index contributed by atoms with van der Waals surface area (Å²) in [6, 6.07) is 15.7. The number of hydrogen-bond acceptors (Lipinski definition) is 8. The summed E-state index contributed by atoms with van der Waals surface area (Å²) in [5, 5.41) is 17.9. The molecule has 7 nitrogen and oxygen atoms in total. The van der Waals surface area contributed by atoms with Crippen LogP contribution >= 0.6 is 34.5 Å². The number of pyridine rings is 1. The van der Waals surface area contributed by atoms with Gasteiger partial charge in [-0.15, -0.1) is 0 Å². The third kappa shape index (κ3) is 5.09. The molecular formula is C24H20Cl2N6OS. The smallest absolute Gasteiger partial charge is 0.189 e. The van der Waals surface area contributed by atoms with Crippen molar-refractivity contribution in [3.63, 3.8) is 0 Å². The lowest BCUT2D eigenvalue weighted by Crippen LogP contribution is -2.35. The molecular weight excluding hydrogens is 491 g/mol. The minimum atomic E-state index is 0.404. The van der Waals surface area contributed by atoms with E-state index in [1.807, 2.05) is 12.1 Å². The predicted octanol–water partition coefficient (Wildman–Crippen LogP) is 6.19. The highest BCUT2D eigenvalue weighted by molar-refractivity contribution is 7.22. The van der Waals surface area contributed by atoms with E-state index in [-0.39, 0.29) is 0 Å². The summed E-state index contributed by atoms with van der Waals surface area (Å²) in [7, 11) is 0. The van der Waals surface area contributed by atoms with Gasteiger partial charge in [-0.3, -0.25) is 4.90 Å². The van der Waals surface area contributed by atoms with Crippen molar-refractivity contribution < 1.29 is 4.74 Å². The van der Waals surface area contributed by atoms with Crippen LogP contribution in [-0.2, 0) is 11.3 Å². The maximum atomic E-state index is 9.63. The highest BCUT2D eigenvalue weighted by Crippen LogP contribution is 2.38. The number of nitriles is 1. The van der Waals surface area contributed by atoms with Gasteiger partial charge in [0.1, 0.15) is 10.8 Å². The number of thiazole rings is 1. The Labute approximate surface area is 210 Å². The molecule has 172 valence electrons. The van der Waals surface area contributed by atoms with E-state index in [0.717, 1.165) is 43.2 Å². The topological polar surface area (TPSA) is 86.1 Å². The minimum Gasteiger partial charge on any atom is -0.379 e. The standard InChI is InChI=1S/C24H20Cl2N6OS/c25-17-3-6-20(19(26)11-17)30-21-16(12-27)13-28-23-22(21)34-24(31-23)29-18-4-1-15(2-5-18)14-32-7-9-33-10-8-32/h1-6,11,13H,7-10,14H2,(H2,28,29,30,31). The number of rotatable bonds is 6. The van der Waals surface area contributed by atoms with Crippen molar-refractivity contribution >= 4 is 67.1 Å². The Kier molecular flexibility index (Phi) is 6.81. The van der Waals surface area contributed by atoms with E-state index in [1.54, 1.807) is 18.2 Å². The summed E-state index contributed by atoms with van der Waals surface area (Å²) in [5.41, 5.74) is 4.39. The molecule has 1 fully saturated rings. The van der Waals surface area contributed by atoms with E-state index in [0.29, 0.717) is 37.8 Å². The Bertz CT molecular complexity index is 1360. The van der Waals surface area contributed by atoms with Crippen LogP contribution in [-0.4, -0.2) is 41.2 Å². The van der Waals surface area contributed by atoms with Crippen molar-refractivity contribution in [2.75, 3.05) is 36.9 Å². The van der Waals surface area contributed by atoms with Gasteiger partial charge in [-0.1, -0.05) is 46.7 Å². The quantitative estimate of drug-likeness (QED) is 0.319. The zero-order valence-corrected chi connectivity index (χ0v) is 20.3. The number of ether oxygens (including phenoxy) is 1. The van der Waals surface area contributed by atoms with Gasteiger partial charge in [-0.25, -0.2) is 4.98 Å². The molecule has 1 aliphatic heterocycles. The summed E-state index contributed by atoms with van der Waals surface area (Å²) >= 11 is 13.8. The Morgan fingerprint density at radius 2 is 1.88 bits per heavy atom. The van der Waals surface area contributed by atoms with Crippen molar-refractivity contribution in [1.29, 1.82) is 5.26 Å². The molecule has 0 saturated carbocycles. The SMILES string of the molecule is N#Cc1cnc2nc(Nc3ccc(CN4CCOCC4)cc3)sc2c1Nc1ccc(Cl)cc1Cl. The number of morpholine rings is 1. The molecule has 0 radical (unpaired) electrons. The van der Waals surface area contributed by atoms with Crippen molar-refractivity contribution in [2.45, 2.75) is 6.54 Å². The summed E-state index contributed by atoms with van der Waals surface area (Å²) in [6.45, 7) is 4.41. The van der Waals surface area contributed by atoms with Crippen molar-refractivity contribution in [3.05, 3.63) is 69.8 Å². The van der Waals surface area contributed by atoms with Crippen LogP contribution in [0.1, 0.15) is 11.1 Å². The van der Waals surface area contributed by atoms with Crippen LogP contribution in [0.25, 0.3) is 10.3 Å². The molecule has 0 unspecified atom stereocenters. The van der Waals surface area contributed by atoms with Crippen molar-refractivity contribution in [1.82, 2.24) is 14.9 Å². The Morgan fingerprint density at radius 3 is 2.62 bits per heavy atom. The lowest BCUT2D eigenvalue weighted by molar-refractivity contribution is 0.0342. The van der Waals surface area contributed by atoms with E-state index in [4.69, 9.17) is 27.9 Å². The minimum absolute atomic E-state index is 0.404. The van der Waals surface area contributed by atoms with Crippen LogP contribution < -0.4 is 10.6 Å². The third-order valence-electron chi connectivity index (χ3n) is 5.45. The lowest BCUT2D eigenvalue weighted by atomic mass is 10.2. The second-order valence-electron chi connectivity index (χ2n) is 7.79. The summed E-state index contributed by atoms with van der Waals surface area (Å²) < 4.78 is 6.18. The van der Waals surface area contributed by atoms with Gasteiger partial charge in [0.2, 0.25) is 0 Å². The van der Waals surface area contributed by atoms with Crippen LogP contribution in [0.15, 0.2) is 48.7 Å². The van der Waals surface area contributed by atoms with Gasteiger partial charge in [-0.05, 0) is 35.9 Å². The number of hydrogen-bond donors (Lipinski definition) is 2. The fourth-order valence-corrected chi connectivity index (χ4v) is 5.10. The molecule has 0 atom stereocenters. The van der Waals surface area contributed by atoms with Crippen LogP contribution in [0.4, 0.5) is 22.2 Å². The number of halogens is 2. The molecule has 10 heteroatoms. The number of nitrogens with zero attached hydrogens (tertiary/aromatic N) is 4. The molecule has 2 N–H and O–H groups in total. The number of nitrogens with one attached hydrogen (secondary N) is 2. The molecule has 0 spiro atoms. The van der Waals surface area contributed by atoms with Crippen LogP contribution in [0.3, 0.4) is 0 Å². The Morgan fingerprint density at radius 1 is 1.09 bits per heavy atom. The van der Waals surface area contributed by atoms with Gasteiger partial charge in [-0.2, -0.15) is 10.2 Å². The zero-order valence-electron chi connectivity index (χ0n) is 18.0. The second-order valence-corrected chi connectivity index (χ2v) is 9.63. The van der Waals surface area contributed by atoms with E-state index in [9.17, 15) is 5.26 Å². The molecule has 34 heavy (non-hydrogen) atoms. The fourth-order valence-electron chi connectivity index (χ4n) is 3.70. The maximum Gasteiger partial charge on any atom is 0.189 e. The normalized spacial score (nSPS) is 14.1. The summed E-state index contributed by atoms with van der Waals surface area (Å²) in [4.78, 5) is 11.4. The highest BCUT2D eigenvalue weighted by atomic mass is 35.5. The average Bonchev–Trinajstić information content (AvgIpc) is 3.26. The first-order valence-electron chi connectivity index (χ1n) is 10.7. The Balaban J connectivity index is 1.37. The molecule has 4 aromatic rings. The van der Waals surface area contributed by atoms with Gasteiger partial charge >= 0.3 is 0 Å². The average molecular weight is 511 g/mol. The Hall–Kier alpha value is -2.93. The van der Waals surface area contributed by atoms with E-state index in [1.165, 1.54) is 23.1 Å². The molecule has 2 aromatic heterocycles. The first-order valence-corrected chi connectivity index (χ1v) is 12.2. The van der Waals surface area contributed by atoms with Crippen molar-refractivity contribution in [3.8, 4) is 6.07 Å². The number of anilines is 4. The number of fused-ring (bicyclic) bond motifs is 1. The zero-order chi connectivity index (χ0) is 23.5. The predicted molar refractivity (Wildman–Crippen MR) is 138 cm³/mol. The van der Waals surface area contributed by atoms with Gasteiger partial charge in [0.25, 0.3) is 0 Å². The maximum absolute atomic E-state index is 9.63. The molecule has 1 aliphatic rings. The monoisotopic (exact) mass is 510 g/mol. The lowest BCUT2D eigenvalue weighted by Gasteiger charge is -2.26. The molecule has 5 rings (SSSR count).